The van der Waals surface area contributed by atoms with Gasteiger partial charge >= 0.3 is 5.97 Å². The Labute approximate surface area is 190 Å². The van der Waals surface area contributed by atoms with Gasteiger partial charge in [-0.3, -0.25) is 9.59 Å². The van der Waals surface area contributed by atoms with Crippen LogP contribution in [0.2, 0.25) is 0 Å². The van der Waals surface area contributed by atoms with Crippen molar-refractivity contribution in [2.24, 2.45) is 0 Å². The molecule has 0 aromatic heterocycles. The molecule has 2 amide bonds. The van der Waals surface area contributed by atoms with E-state index in [0.29, 0.717) is 29.6 Å². The Kier molecular flexibility index (Phi) is 10.1. The van der Waals surface area contributed by atoms with Crippen LogP contribution in [0.3, 0.4) is 0 Å². The summed E-state index contributed by atoms with van der Waals surface area (Å²) in [5.74, 6) is -0.490. The fraction of sp³-hybridized carbons (Fsp3) is 0.542. The number of likely N-dealkylation sites (N-methyl/N-ethyl adjacent to an activating group) is 1. The van der Waals surface area contributed by atoms with Crippen LogP contribution in [0.5, 0.6) is 0 Å². The van der Waals surface area contributed by atoms with Gasteiger partial charge in [0.2, 0.25) is 5.91 Å². The molecule has 1 saturated carbocycles. The Balaban J connectivity index is 1.93. The first kappa shape index (κ1) is 25.0. The number of carbonyl (C=O) groups is 3. The van der Waals surface area contributed by atoms with Crippen LogP contribution in [-0.4, -0.2) is 66.1 Å². The van der Waals surface area contributed by atoms with Gasteiger partial charge in [0.05, 0.1) is 11.3 Å². The quantitative estimate of drug-likeness (QED) is 0.307. The molecule has 0 heterocycles. The molecule has 1 aromatic rings. The molecule has 0 aliphatic heterocycles. The minimum atomic E-state index is -0.559. The number of amides is 2. The van der Waals surface area contributed by atoms with Crippen molar-refractivity contribution in [1.29, 1.82) is 0 Å². The lowest BCUT2D eigenvalue weighted by Crippen LogP contribution is -2.39. The highest BCUT2D eigenvalue weighted by Crippen LogP contribution is 2.26. The minimum Gasteiger partial charge on any atom is -0.452 e. The molecule has 1 fully saturated rings. The van der Waals surface area contributed by atoms with Crippen molar-refractivity contribution in [2.45, 2.75) is 56.9 Å². The summed E-state index contributed by atoms with van der Waals surface area (Å²) >= 11 is 1.33. The average molecular weight is 447 g/mol. The van der Waals surface area contributed by atoms with Gasteiger partial charge < -0.3 is 14.5 Å². The summed E-state index contributed by atoms with van der Waals surface area (Å²) in [4.78, 5) is 41.7. The van der Waals surface area contributed by atoms with E-state index in [0.717, 1.165) is 18.4 Å². The second kappa shape index (κ2) is 12.5. The molecule has 1 aliphatic carbocycles. The molecule has 170 valence electrons. The Morgan fingerprint density at radius 2 is 1.81 bits per heavy atom. The lowest BCUT2D eigenvalue weighted by atomic mass is 9.94. The zero-order valence-electron chi connectivity index (χ0n) is 18.9. The lowest BCUT2D eigenvalue weighted by molar-refractivity contribution is -0.134. The molecule has 0 spiro atoms. The summed E-state index contributed by atoms with van der Waals surface area (Å²) < 4.78 is 5.28. The SMILES string of the molecule is C=C(C)CN(CC)C(=O)COC(=O)c1ccccc1SCC(=O)N(C)C1CCCCC1. The van der Waals surface area contributed by atoms with Gasteiger partial charge in [-0.25, -0.2) is 4.79 Å². The Morgan fingerprint density at radius 1 is 1.13 bits per heavy atom. The topological polar surface area (TPSA) is 66.9 Å². The highest BCUT2D eigenvalue weighted by atomic mass is 32.2. The molecule has 1 aromatic carbocycles. The molecule has 0 saturated heterocycles. The van der Waals surface area contributed by atoms with Gasteiger partial charge in [0.15, 0.2) is 6.61 Å². The molecular formula is C24H34N2O4S. The average Bonchev–Trinajstić information content (AvgIpc) is 2.79. The number of thioether (sulfide) groups is 1. The molecule has 0 unspecified atom stereocenters. The molecule has 0 radical (unpaired) electrons. The zero-order valence-corrected chi connectivity index (χ0v) is 19.7. The maximum absolute atomic E-state index is 12.6. The van der Waals surface area contributed by atoms with Gasteiger partial charge in [-0.05, 0) is 38.8 Å². The number of hydrogen-bond donors (Lipinski definition) is 0. The number of esters is 1. The molecule has 0 atom stereocenters. The van der Waals surface area contributed by atoms with Gasteiger partial charge in [0.25, 0.3) is 5.91 Å². The number of hydrogen-bond acceptors (Lipinski definition) is 5. The first-order chi connectivity index (χ1) is 14.8. The third kappa shape index (κ3) is 7.73. The number of nitrogens with zero attached hydrogens (tertiary/aromatic N) is 2. The van der Waals surface area contributed by atoms with E-state index in [1.54, 1.807) is 23.1 Å². The third-order valence-electron chi connectivity index (χ3n) is 5.50. The van der Waals surface area contributed by atoms with Crippen LogP contribution in [0.15, 0.2) is 41.3 Å². The monoisotopic (exact) mass is 446 g/mol. The Hall–Kier alpha value is -2.28. The van der Waals surface area contributed by atoms with E-state index in [1.165, 1.54) is 31.0 Å². The number of benzene rings is 1. The zero-order chi connectivity index (χ0) is 22.8. The van der Waals surface area contributed by atoms with Crippen LogP contribution in [0.4, 0.5) is 0 Å². The van der Waals surface area contributed by atoms with E-state index in [4.69, 9.17) is 4.74 Å². The van der Waals surface area contributed by atoms with Gasteiger partial charge in [0.1, 0.15) is 0 Å². The second-order valence-electron chi connectivity index (χ2n) is 8.02. The third-order valence-corrected chi connectivity index (χ3v) is 6.55. The van der Waals surface area contributed by atoms with Gasteiger partial charge in [0, 0.05) is 31.1 Å². The normalized spacial score (nSPS) is 14.0. The Bertz CT molecular complexity index is 790. The van der Waals surface area contributed by atoms with E-state index in [9.17, 15) is 14.4 Å². The molecule has 7 heteroatoms. The van der Waals surface area contributed by atoms with Gasteiger partial charge in [-0.2, -0.15) is 0 Å². The standard InChI is InChI=1S/C24H34N2O4S/c1-5-26(15-18(2)3)22(27)16-30-24(29)20-13-9-10-14-21(20)31-17-23(28)25(4)19-11-7-6-8-12-19/h9-10,13-14,19H,2,5-8,11-12,15-17H2,1,3-4H3. The summed E-state index contributed by atoms with van der Waals surface area (Å²) in [5.41, 5.74) is 1.24. The number of rotatable bonds is 10. The molecule has 2 rings (SSSR count). The van der Waals surface area contributed by atoms with Crippen LogP contribution >= 0.6 is 11.8 Å². The number of carbonyl (C=O) groups excluding carboxylic acids is 3. The maximum Gasteiger partial charge on any atom is 0.339 e. The van der Waals surface area contributed by atoms with Crippen molar-refractivity contribution in [3.63, 3.8) is 0 Å². The van der Waals surface area contributed by atoms with Crippen molar-refractivity contribution in [3.8, 4) is 0 Å². The summed E-state index contributed by atoms with van der Waals surface area (Å²) in [7, 11) is 1.87. The molecule has 0 bridgehead atoms. The summed E-state index contributed by atoms with van der Waals surface area (Å²) in [5, 5.41) is 0. The van der Waals surface area contributed by atoms with Gasteiger partial charge in [-0.1, -0.05) is 43.5 Å². The Morgan fingerprint density at radius 3 is 2.45 bits per heavy atom. The first-order valence-corrected chi connectivity index (χ1v) is 11.9. The molecule has 6 nitrogen and oxygen atoms in total. The van der Waals surface area contributed by atoms with Crippen LogP contribution < -0.4 is 0 Å². The summed E-state index contributed by atoms with van der Waals surface area (Å²) in [6.07, 6.45) is 5.71. The predicted molar refractivity (Wildman–Crippen MR) is 124 cm³/mol. The highest BCUT2D eigenvalue weighted by molar-refractivity contribution is 8.00. The lowest BCUT2D eigenvalue weighted by Gasteiger charge is -2.31. The summed E-state index contributed by atoms with van der Waals surface area (Å²) in [6.45, 7) is 8.19. The molecule has 31 heavy (non-hydrogen) atoms. The smallest absolute Gasteiger partial charge is 0.339 e. The van der Waals surface area contributed by atoms with E-state index in [2.05, 4.69) is 6.58 Å². The number of ether oxygens (including phenoxy) is 1. The predicted octanol–water partition coefficient (Wildman–Crippen LogP) is 4.15. The largest absolute Gasteiger partial charge is 0.452 e. The highest BCUT2D eigenvalue weighted by Gasteiger charge is 2.23. The molecule has 0 N–H and O–H groups in total. The first-order valence-electron chi connectivity index (χ1n) is 10.9. The fourth-order valence-corrected chi connectivity index (χ4v) is 4.64. The molecular weight excluding hydrogens is 412 g/mol. The van der Waals surface area contributed by atoms with E-state index in [1.807, 2.05) is 31.9 Å². The minimum absolute atomic E-state index is 0.0635. The molecule has 1 aliphatic rings. The summed E-state index contributed by atoms with van der Waals surface area (Å²) in [6, 6.07) is 7.35. The van der Waals surface area contributed by atoms with E-state index in [-0.39, 0.29) is 24.2 Å². The van der Waals surface area contributed by atoms with Crippen LogP contribution in [0.1, 0.15) is 56.3 Å². The van der Waals surface area contributed by atoms with E-state index < -0.39 is 5.97 Å². The fourth-order valence-electron chi connectivity index (χ4n) is 3.67. The van der Waals surface area contributed by atoms with Crippen molar-refractivity contribution >= 4 is 29.5 Å². The van der Waals surface area contributed by atoms with Crippen LogP contribution in [-0.2, 0) is 14.3 Å². The van der Waals surface area contributed by atoms with Crippen LogP contribution in [0.25, 0.3) is 0 Å². The van der Waals surface area contributed by atoms with Crippen molar-refractivity contribution in [1.82, 2.24) is 9.80 Å². The van der Waals surface area contributed by atoms with Crippen molar-refractivity contribution < 1.29 is 19.1 Å². The maximum atomic E-state index is 12.6. The van der Waals surface area contributed by atoms with Crippen LogP contribution in [0, 0.1) is 0 Å². The second-order valence-corrected chi connectivity index (χ2v) is 9.04. The van der Waals surface area contributed by atoms with Crippen molar-refractivity contribution in [2.75, 3.05) is 32.5 Å². The van der Waals surface area contributed by atoms with Gasteiger partial charge in [-0.15, -0.1) is 11.8 Å². The van der Waals surface area contributed by atoms with E-state index >= 15 is 0 Å². The van der Waals surface area contributed by atoms with Crippen molar-refractivity contribution in [3.05, 3.63) is 42.0 Å².